The zero-order valence-electron chi connectivity index (χ0n) is 16.5. The van der Waals surface area contributed by atoms with E-state index < -0.39 is 11.9 Å². The van der Waals surface area contributed by atoms with Gasteiger partial charge in [-0.25, -0.2) is 9.59 Å². The van der Waals surface area contributed by atoms with E-state index in [4.69, 9.17) is 9.47 Å². The molecule has 28 heavy (non-hydrogen) atoms. The maximum absolute atomic E-state index is 12.7. The maximum atomic E-state index is 12.7. The SMILES string of the molecule is COC(=O)c1ccc(C(=O)OC)c(NC(=O)CN2CCC[C@H]3CCCC[C@@H]32)c1. The van der Waals surface area contributed by atoms with Gasteiger partial charge in [-0.05, 0) is 56.3 Å². The first-order valence-electron chi connectivity index (χ1n) is 9.88. The minimum Gasteiger partial charge on any atom is -0.465 e. The zero-order valence-corrected chi connectivity index (χ0v) is 16.5. The van der Waals surface area contributed by atoms with E-state index >= 15 is 0 Å². The van der Waals surface area contributed by atoms with Gasteiger partial charge in [0.2, 0.25) is 5.91 Å². The molecule has 2 fully saturated rings. The van der Waals surface area contributed by atoms with Gasteiger partial charge in [-0.1, -0.05) is 12.8 Å². The smallest absolute Gasteiger partial charge is 0.339 e. The summed E-state index contributed by atoms with van der Waals surface area (Å²) >= 11 is 0. The second-order valence-electron chi connectivity index (χ2n) is 7.52. The van der Waals surface area contributed by atoms with Crippen molar-refractivity contribution in [3.63, 3.8) is 0 Å². The number of carbonyl (C=O) groups excluding carboxylic acids is 3. The third-order valence-electron chi connectivity index (χ3n) is 5.82. The molecule has 2 atom stereocenters. The summed E-state index contributed by atoms with van der Waals surface area (Å²) in [5, 5.41) is 2.80. The Morgan fingerprint density at radius 1 is 1.04 bits per heavy atom. The molecule has 7 heteroatoms. The lowest BCUT2D eigenvalue weighted by Gasteiger charge is -2.43. The summed E-state index contributed by atoms with van der Waals surface area (Å²) in [6.45, 7) is 1.20. The summed E-state index contributed by atoms with van der Waals surface area (Å²) in [6.07, 6.45) is 7.24. The van der Waals surface area contributed by atoms with Crippen LogP contribution in [0.2, 0.25) is 0 Å². The summed E-state index contributed by atoms with van der Waals surface area (Å²) < 4.78 is 9.52. The van der Waals surface area contributed by atoms with E-state index in [2.05, 4.69) is 10.2 Å². The molecule has 1 aromatic carbocycles. The number of ether oxygens (including phenoxy) is 2. The second-order valence-corrected chi connectivity index (χ2v) is 7.52. The van der Waals surface area contributed by atoms with Crippen molar-refractivity contribution in [3.8, 4) is 0 Å². The minimum absolute atomic E-state index is 0.196. The molecule has 7 nitrogen and oxygen atoms in total. The average Bonchev–Trinajstić information content (AvgIpc) is 2.72. The average molecular weight is 388 g/mol. The highest BCUT2D eigenvalue weighted by Crippen LogP contribution is 2.35. The highest BCUT2D eigenvalue weighted by atomic mass is 16.5. The fourth-order valence-corrected chi connectivity index (χ4v) is 4.48. The molecule has 0 radical (unpaired) electrons. The van der Waals surface area contributed by atoms with Crippen molar-refractivity contribution >= 4 is 23.5 Å². The number of hydrogen-bond donors (Lipinski definition) is 1. The Labute approximate surface area is 165 Å². The summed E-state index contributed by atoms with van der Waals surface area (Å²) in [4.78, 5) is 38.9. The van der Waals surface area contributed by atoms with Gasteiger partial charge in [0.15, 0.2) is 0 Å². The highest BCUT2D eigenvalue weighted by molar-refractivity contribution is 6.03. The molecule has 0 spiro atoms. The molecule has 1 amide bonds. The van der Waals surface area contributed by atoms with Crippen molar-refractivity contribution < 1.29 is 23.9 Å². The van der Waals surface area contributed by atoms with Crippen molar-refractivity contribution in [2.75, 3.05) is 32.6 Å². The van der Waals surface area contributed by atoms with E-state index in [1.807, 2.05) is 0 Å². The Kier molecular flexibility index (Phi) is 6.67. The van der Waals surface area contributed by atoms with Gasteiger partial charge in [0.25, 0.3) is 0 Å². The number of methoxy groups -OCH3 is 2. The van der Waals surface area contributed by atoms with Gasteiger partial charge in [-0.2, -0.15) is 0 Å². The van der Waals surface area contributed by atoms with Gasteiger partial charge in [0, 0.05) is 6.04 Å². The summed E-state index contributed by atoms with van der Waals surface area (Å²) in [6, 6.07) is 4.86. The molecule has 1 saturated heterocycles. The number of nitrogens with zero attached hydrogens (tertiary/aromatic N) is 1. The van der Waals surface area contributed by atoms with Gasteiger partial charge < -0.3 is 14.8 Å². The molecular formula is C21H28N2O5. The van der Waals surface area contributed by atoms with Crippen molar-refractivity contribution in [2.45, 2.75) is 44.6 Å². The van der Waals surface area contributed by atoms with E-state index in [0.29, 0.717) is 12.0 Å². The van der Waals surface area contributed by atoms with Crippen molar-refractivity contribution in [2.24, 2.45) is 5.92 Å². The molecular weight excluding hydrogens is 360 g/mol. The number of hydrogen-bond acceptors (Lipinski definition) is 6. The van der Waals surface area contributed by atoms with Crippen LogP contribution in [0.5, 0.6) is 0 Å². The Balaban J connectivity index is 1.74. The molecule has 152 valence electrons. The van der Waals surface area contributed by atoms with Crippen LogP contribution in [-0.4, -0.2) is 56.1 Å². The van der Waals surface area contributed by atoms with Gasteiger partial charge in [-0.3, -0.25) is 9.69 Å². The first-order chi connectivity index (χ1) is 13.5. The highest BCUT2D eigenvalue weighted by Gasteiger charge is 2.34. The number of amides is 1. The second kappa shape index (κ2) is 9.19. The van der Waals surface area contributed by atoms with Gasteiger partial charge in [0.05, 0.1) is 37.6 Å². The van der Waals surface area contributed by atoms with Gasteiger partial charge in [0.1, 0.15) is 0 Å². The van der Waals surface area contributed by atoms with Gasteiger partial charge >= 0.3 is 11.9 Å². The van der Waals surface area contributed by atoms with E-state index in [1.54, 1.807) is 0 Å². The molecule has 1 heterocycles. The predicted octanol–water partition coefficient (Wildman–Crippen LogP) is 2.85. The zero-order chi connectivity index (χ0) is 20.1. The molecule has 1 aliphatic heterocycles. The van der Waals surface area contributed by atoms with Crippen LogP contribution in [0.25, 0.3) is 0 Å². The Hall–Kier alpha value is -2.41. The standard InChI is InChI=1S/C21H28N2O5/c1-27-20(25)15-9-10-16(21(26)28-2)17(12-15)22-19(24)13-23-11-5-7-14-6-3-4-8-18(14)23/h9-10,12,14,18H,3-8,11,13H2,1-2H3,(H,22,24)/t14-,18+/m1/s1. The lowest BCUT2D eigenvalue weighted by atomic mass is 9.78. The third kappa shape index (κ3) is 4.52. The summed E-state index contributed by atoms with van der Waals surface area (Å²) in [5.74, 6) is -0.619. The molecule has 0 bridgehead atoms. The van der Waals surface area contributed by atoms with E-state index in [1.165, 1.54) is 58.1 Å². The lowest BCUT2D eigenvalue weighted by molar-refractivity contribution is -0.118. The number of likely N-dealkylation sites (tertiary alicyclic amines) is 1. The number of rotatable bonds is 5. The summed E-state index contributed by atoms with van der Waals surface area (Å²) in [5.41, 5.74) is 0.727. The quantitative estimate of drug-likeness (QED) is 0.781. The molecule has 1 N–H and O–H groups in total. The van der Waals surface area contributed by atoms with Crippen molar-refractivity contribution in [3.05, 3.63) is 29.3 Å². The van der Waals surface area contributed by atoms with Crippen LogP contribution < -0.4 is 5.32 Å². The van der Waals surface area contributed by atoms with Crippen LogP contribution in [0, 0.1) is 5.92 Å². The third-order valence-corrected chi connectivity index (χ3v) is 5.82. The topological polar surface area (TPSA) is 84.9 Å². The van der Waals surface area contributed by atoms with E-state index in [0.717, 1.165) is 19.4 Å². The number of piperidine rings is 1. The van der Waals surface area contributed by atoms with E-state index in [9.17, 15) is 14.4 Å². The number of nitrogens with one attached hydrogen (secondary N) is 1. The normalized spacial score (nSPS) is 22.1. The molecule has 0 aromatic heterocycles. The summed E-state index contributed by atoms with van der Waals surface area (Å²) in [7, 11) is 2.56. The van der Waals surface area contributed by atoms with E-state index in [-0.39, 0.29) is 29.3 Å². The largest absolute Gasteiger partial charge is 0.465 e. The fraction of sp³-hybridized carbons (Fsp3) is 0.571. The number of fused-ring (bicyclic) bond motifs is 1. The number of anilines is 1. The monoisotopic (exact) mass is 388 g/mol. The Morgan fingerprint density at radius 3 is 2.50 bits per heavy atom. The van der Waals surface area contributed by atoms with Crippen LogP contribution >= 0.6 is 0 Å². The van der Waals surface area contributed by atoms with Crippen LogP contribution in [0.4, 0.5) is 5.69 Å². The predicted molar refractivity (Wildman–Crippen MR) is 104 cm³/mol. The molecule has 2 aliphatic rings. The van der Waals surface area contributed by atoms with Gasteiger partial charge in [-0.15, -0.1) is 0 Å². The van der Waals surface area contributed by atoms with Crippen LogP contribution in [0.3, 0.4) is 0 Å². The maximum Gasteiger partial charge on any atom is 0.339 e. The molecule has 1 saturated carbocycles. The molecule has 3 rings (SSSR count). The number of esters is 2. The Morgan fingerprint density at radius 2 is 1.75 bits per heavy atom. The van der Waals surface area contributed by atoms with Crippen molar-refractivity contribution in [1.29, 1.82) is 0 Å². The number of benzene rings is 1. The fourth-order valence-electron chi connectivity index (χ4n) is 4.48. The first kappa shape index (κ1) is 20.3. The van der Waals surface area contributed by atoms with Crippen LogP contribution in [-0.2, 0) is 14.3 Å². The number of carbonyl (C=O) groups is 3. The van der Waals surface area contributed by atoms with Crippen LogP contribution in [0.15, 0.2) is 18.2 Å². The molecule has 1 aliphatic carbocycles. The first-order valence-corrected chi connectivity index (χ1v) is 9.88. The Bertz CT molecular complexity index is 746. The minimum atomic E-state index is -0.572. The van der Waals surface area contributed by atoms with Crippen molar-refractivity contribution in [1.82, 2.24) is 4.90 Å². The molecule has 1 aromatic rings. The molecule has 0 unspecified atom stereocenters. The van der Waals surface area contributed by atoms with Crippen LogP contribution in [0.1, 0.15) is 59.2 Å². The lowest BCUT2D eigenvalue weighted by Crippen LogP contribution is -2.49.